The standard InChI is InChI=1S/C40H24N6O/c1-4-10-26(11-5-1)36-32-22-23-33-37(46-47-45-33)35(32)31-21-20-30(24-34(31)41-36)25-16-18-29(19-17-25)40-43-38(27-12-6-2-7-13-27)42-39(44-40)28-14-8-3-9-15-28/h1-24H. The molecule has 9 rings (SSSR count). The lowest BCUT2D eigenvalue weighted by Gasteiger charge is -2.12. The third kappa shape index (κ3) is 4.78. The van der Waals surface area contributed by atoms with E-state index in [4.69, 9.17) is 24.6 Å². The Kier molecular flexibility index (Phi) is 6.31. The Morgan fingerprint density at radius 3 is 1.49 bits per heavy atom. The molecule has 0 atom stereocenters. The topological polar surface area (TPSA) is 90.5 Å². The molecule has 0 saturated carbocycles. The molecule has 7 heteroatoms. The van der Waals surface area contributed by atoms with Gasteiger partial charge in [0.25, 0.3) is 0 Å². The molecular weight excluding hydrogens is 580 g/mol. The predicted molar refractivity (Wildman–Crippen MR) is 185 cm³/mol. The minimum atomic E-state index is 0.619. The normalized spacial score (nSPS) is 11.4. The summed E-state index contributed by atoms with van der Waals surface area (Å²) >= 11 is 0. The first-order valence-electron chi connectivity index (χ1n) is 15.3. The number of pyridine rings is 1. The van der Waals surface area contributed by atoms with E-state index in [1.165, 1.54) is 0 Å². The largest absolute Gasteiger partial charge is 0.247 e. The molecule has 0 aliphatic rings. The number of nitrogens with zero attached hydrogens (tertiary/aromatic N) is 6. The average Bonchev–Trinajstić information content (AvgIpc) is 3.65. The zero-order valence-electron chi connectivity index (χ0n) is 24.9. The zero-order valence-corrected chi connectivity index (χ0v) is 24.9. The molecule has 3 aromatic heterocycles. The van der Waals surface area contributed by atoms with Gasteiger partial charge in [-0.05, 0) is 39.6 Å². The van der Waals surface area contributed by atoms with Crippen LogP contribution in [0.25, 0.3) is 89.3 Å². The van der Waals surface area contributed by atoms with Crippen LogP contribution in [0.4, 0.5) is 0 Å². The lowest BCUT2D eigenvalue weighted by molar-refractivity contribution is 0.316. The van der Waals surface area contributed by atoms with Crippen molar-refractivity contribution < 1.29 is 4.63 Å². The quantitative estimate of drug-likeness (QED) is 0.181. The van der Waals surface area contributed by atoms with E-state index >= 15 is 0 Å². The van der Waals surface area contributed by atoms with Crippen molar-refractivity contribution in [3.63, 3.8) is 0 Å². The minimum Gasteiger partial charge on any atom is -0.247 e. The highest BCUT2D eigenvalue weighted by atomic mass is 16.6. The van der Waals surface area contributed by atoms with E-state index in [0.29, 0.717) is 23.0 Å². The molecule has 47 heavy (non-hydrogen) atoms. The molecular formula is C40H24N6O. The molecule has 0 N–H and O–H groups in total. The van der Waals surface area contributed by atoms with E-state index < -0.39 is 0 Å². The fourth-order valence-electron chi connectivity index (χ4n) is 6.08. The molecule has 0 aliphatic heterocycles. The Balaban J connectivity index is 1.15. The number of hydrogen-bond donors (Lipinski definition) is 0. The van der Waals surface area contributed by atoms with Crippen molar-refractivity contribution in [2.75, 3.05) is 0 Å². The Bertz CT molecular complexity index is 2490. The maximum absolute atomic E-state index is 5.19. The molecule has 0 unspecified atom stereocenters. The van der Waals surface area contributed by atoms with E-state index in [1.54, 1.807) is 0 Å². The summed E-state index contributed by atoms with van der Waals surface area (Å²) in [6, 6.07) is 48.9. The summed E-state index contributed by atoms with van der Waals surface area (Å²) in [4.78, 5) is 19.8. The number of fused-ring (bicyclic) bond motifs is 5. The van der Waals surface area contributed by atoms with Crippen LogP contribution in [0, 0.1) is 0 Å². The maximum Gasteiger partial charge on any atom is 0.164 e. The van der Waals surface area contributed by atoms with Gasteiger partial charge in [0, 0.05) is 38.4 Å². The molecule has 220 valence electrons. The lowest BCUT2D eigenvalue weighted by atomic mass is 9.96. The second kappa shape index (κ2) is 11.1. The SMILES string of the molecule is c1ccc(-c2nc(-c3ccccc3)nc(-c3ccc(-c4ccc5c(c4)nc(-c4ccccc4)c4ccc6nonc6c45)cc3)n2)cc1. The molecule has 7 nitrogen and oxygen atoms in total. The van der Waals surface area contributed by atoms with E-state index in [2.05, 4.69) is 71.0 Å². The van der Waals surface area contributed by atoms with Gasteiger partial charge in [-0.2, -0.15) is 0 Å². The van der Waals surface area contributed by atoms with Gasteiger partial charge in [-0.3, -0.25) is 0 Å². The van der Waals surface area contributed by atoms with Crippen LogP contribution in [0.15, 0.2) is 150 Å². The summed E-state index contributed by atoms with van der Waals surface area (Å²) < 4.78 is 5.14. The highest BCUT2D eigenvalue weighted by molar-refractivity contribution is 6.20. The number of rotatable bonds is 5. The zero-order chi connectivity index (χ0) is 31.2. The lowest BCUT2D eigenvalue weighted by Crippen LogP contribution is -2.00. The summed E-state index contributed by atoms with van der Waals surface area (Å²) in [6.07, 6.45) is 0. The molecule has 0 fully saturated rings. The second-order valence-corrected chi connectivity index (χ2v) is 11.3. The van der Waals surface area contributed by atoms with Crippen molar-refractivity contribution in [2.45, 2.75) is 0 Å². The van der Waals surface area contributed by atoms with Crippen LogP contribution in [0.3, 0.4) is 0 Å². The van der Waals surface area contributed by atoms with Crippen molar-refractivity contribution in [2.24, 2.45) is 0 Å². The Labute approximate surface area is 269 Å². The van der Waals surface area contributed by atoms with Crippen LogP contribution in [-0.4, -0.2) is 30.2 Å². The van der Waals surface area contributed by atoms with Gasteiger partial charge in [0.05, 0.1) is 11.2 Å². The molecule has 0 saturated heterocycles. The molecule has 6 aromatic carbocycles. The van der Waals surface area contributed by atoms with E-state index in [-0.39, 0.29) is 0 Å². The first-order valence-corrected chi connectivity index (χ1v) is 15.3. The van der Waals surface area contributed by atoms with Gasteiger partial charge in [0.1, 0.15) is 11.0 Å². The fourth-order valence-corrected chi connectivity index (χ4v) is 6.08. The van der Waals surface area contributed by atoms with Crippen molar-refractivity contribution in [3.8, 4) is 56.5 Å². The highest BCUT2D eigenvalue weighted by Gasteiger charge is 2.17. The van der Waals surface area contributed by atoms with Gasteiger partial charge in [-0.15, -0.1) is 0 Å². The van der Waals surface area contributed by atoms with Gasteiger partial charge < -0.3 is 0 Å². The fraction of sp³-hybridized carbons (Fsp3) is 0. The minimum absolute atomic E-state index is 0.619. The summed E-state index contributed by atoms with van der Waals surface area (Å²) in [5.41, 5.74) is 9.12. The van der Waals surface area contributed by atoms with Gasteiger partial charge in [-0.25, -0.2) is 24.6 Å². The smallest absolute Gasteiger partial charge is 0.164 e. The summed E-state index contributed by atoms with van der Waals surface area (Å²) in [5.74, 6) is 1.89. The predicted octanol–water partition coefficient (Wildman–Crippen LogP) is 9.44. The summed E-state index contributed by atoms with van der Waals surface area (Å²) in [7, 11) is 0. The molecule has 0 radical (unpaired) electrons. The van der Waals surface area contributed by atoms with Crippen LogP contribution in [-0.2, 0) is 0 Å². The Hall–Kier alpha value is -6.60. The van der Waals surface area contributed by atoms with Crippen LogP contribution < -0.4 is 0 Å². The molecule has 0 bridgehead atoms. The van der Waals surface area contributed by atoms with Gasteiger partial charge in [-0.1, -0.05) is 127 Å². The first-order chi connectivity index (χ1) is 23.3. The van der Waals surface area contributed by atoms with Crippen molar-refractivity contribution in [1.29, 1.82) is 0 Å². The third-order valence-corrected chi connectivity index (χ3v) is 8.41. The van der Waals surface area contributed by atoms with Gasteiger partial charge in [0.15, 0.2) is 17.5 Å². The van der Waals surface area contributed by atoms with Gasteiger partial charge in [0.2, 0.25) is 0 Å². The Morgan fingerprint density at radius 1 is 0.362 bits per heavy atom. The molecule has 0 spiro atoms. The van der Waals surface area contributed by atoms with Gasteiger partial charge >= 0.3 is 0 Å². The number of aromatic nitrogens is 6. The monoisotopic (exact) mass is 604 g/mol. The molecule has 0 amide bonds. The molecule has 3 heterocycles. The van der Waals surface area contributed by atoms with Crippen LogP contribution >= 0.6 is 0 Å². The van der Waals surface area contributed by atoms with E-state index in [9.17, 15) is 0 Å². The summed E-state index contributed by atoms with van der Waals surface area (Å²) in [6.45, 7) is 0. The third-order valence-electron chi connectivity index (χ3n) is 8.41. The molecule has 9 aromatic rings. The Morgan fingerprint density at radius 2 is 0.872 bits per heavy atom. The van der Waals surface area contributed by atoms with E-state index in [1.807, 2.05) is 84.9 Å². The average molecular weight is 605 g/mol. The van der Waals surface area contributed by atoms with Crippen LogP contribution in [0.2, 0.25) is 0 Å². The van der Waals surface area contributed by atoms with E-state index in [0.717, 1.165) is 66.3 Å². The number of hydrogen-bond acceptors (Lipinski definition) is 7. The highest BCUT2D eigenvalue weighted by Crippen LogP contribution is 2.37. The van der Waals surface area contributed by atoms with Crippen molar-refractivity contribution in [1.82, 2.24) is 30.2 Å². The first kappa shape index (κ1) is 26.8. The number of benzene rings is 6. The van der Waals surface area contributed by atoms with Crippen LogP contribution in [0.1, 0.15) is 0 Å². The van der Waals surface area contributed by atoms with Crippen molar-refractivity contribution in [3.05, 3.63) is 146 Å². The maximum atomic E-state index is 5.19. The van der Waals surface area contributed by atoms with Crippen LogP contribution in [0.5, 0.6) is 0 Å². The summed E-state index contributed by atoms with van der Waals surface area (Å²) in [5, 5.41) is 11.4. The molecule has 0 aliphatic carbocycles. The second-order valence-electron chi connectivity index (χ2n) is 11.3. The van der Waals surface area contributed by atoms with Crippen molar-refractivity contribution >= 4 is 32.7 Å².